The summed E-state index contributed by atoms with van der Waals surface area (Å²) in [7, 11) is 2.89. The van der Waals surface area contributed by atoms with E-state index in [0.29, 0.717) is 17.7 Å². The number of hydrogen-bond donors (Lipinski definition) is 0. The van der Waals surface area contributed by atoms with Gasteiger partial charge in [-0.25, -0.2) is 4.79 Å². The second-order valence-corrected chi connectivity index (χ2v) is 4.97. The lowest BCUT2D eigenvalue weighted by molar-refractivity contribution is 0.0498. The van der Waals surface area contributed by atoms with Crippen LogP contribution in [0.15, 0.2) is 55.3 Å². The van der Waals surface area contributed by atoms with Crippen LogP contribution >= 0.6 is 0 Å². The largest absolute Gasteiger partial charge is 0.467 e. The first-order valence-corrected chi connectivity index (χ1v) is 7.37. The van der Waals surface area contributed by atoms with E-state index in [-0.39, 0.29) is 6.79 Å². The molecule has 0 radical (unpaired) electrons. The average molecular weight is 328 g/mol. The summed E-state index contributed by atoms with van der Waals surface area (Å²) in [5.74, 6) is 0.909. The Morgan fingerprint density at radius 2 is 1.88 bits per heavy atom. The third-order valence-corrected chi connectivity index (χ3v) is 3.36. The minimum Gasteiger partial charge on any atom is -0.467 e. The van der Waals surface area contributed by atoms with E-state index in [2.05, 4.69) is 6.58 Å². The van der Waals surface area contributed by atoms with Crippen molar-refractivity contribution in [1.29, 1.82) is 0 Å². The summed E-state index contributed by atoms with van der Waals surface area (Å²) in [5, 5.41) is 0. The molecule has 0 aliphatic heterocycles. The van der Waals surface area contributed by atoms with Crippen molar-refractivity contribution in [2.24, 2.45) is 0 Å². The van der Waals surface area contributed by atoms with Gasteiger partial charge >= 0.3 is 5.97 Å². The van der Waals surface area contributed by atoms with Gasteiger partial charge < -0.3 is 18.9 Å². The van der Waals surface area contributed by atoms with Gasteiger partial charge in [-0.15, -0.1) is 0 Å². The summed E-state index contributed by atoms with van der Waals surface area (Å²) in [5.41, 5.74) is 2.46. The van der Waals surface area contributed by atoms with E-state index >= 15 is 0 Å². The molecular weight excluding hydrogens is 308 g/mol. The normalized spacial score (nSPS) is 10.1. The van der Waals surface area contributed by atoms with Gasteiger partial charge in [0.25, 0.3) is 0 Å². The molecule has 0 saturated carbocycles. The lowest BCUT2D eigenvalue weighted by Crippen LogP contribution is -2.06. The van der Waals surface area contributed by atoms with E-state index in [1.54, 1.807) is 19.2 Å². The number of carbonyl (C=O) groups is 1. The van der Waals surface area contributed by atoms with Crippen molar-refractivity contribution >= 4 is 5.97 Å². The van der Waals surface area contributed by atoms with Crippen LogP contribution in [0, 0.1) is 0 Å². The number of benzene rings is 2. The molecule has 24 heavy (non-hydrogen) atoms. The summed E-state index contributed by atoms with van der Waals surface area (Å²) >= 11 is 0. The number of esters is 1. The number of rotatable bonds is 8. The third-order valence-electron chi connectivity index (χ3n) is 3.36. The molecule has 0 amide bonds. The molecule has 5 nitrogen and oxygen atoms in total. The number of ether oxygens (including phenoxy) is 4. The molecule has 2 aromatic carbocycles. The fourth-order valence-corrected chi connectivity index (χ4v) is 2.20. The van der Waals surface area contributed by atoms with Crippen LogP contribution in [-0.4, -0.2) is 27.0 Å². The van der Waals surface area contributed by atoms with Crippen molar-refractivity contribution in [3.63, 3.8) is 0 Å². The van der Waals surface area contributed by atoms with Crippen LogP contribution in [0.5, 0.6) is 11.5 Å². The molecule has 5 heteroatoms. The molecule has 0 N–H and O–H groups in total. The van der Waals surface area contributed by atoms with Gasteiger partial charge in [0.05, 0.1) is 18.9 Å². The minimum absolute atomic E-state index is 0.101. The van der Waals surface area contributed by atoms with Gasteiger partial charge in [0.1, 0.15) is 11.5 Å². The molecule has 0 unspecified atom stereocenters. The number of hydrogen-bond acceptors (Lipinski definition) is 5. The van der Waals surface area contributed by atoms with Gasteiger partial charge in [-0.1, -0.05) is 24.8 Å². The second-order valence-electron chi connectivity index (χ2n) is 4.97. The van der Waals surface area contributed by atoms with Gasteiger partial charge in [0, 0.05) is 13.5 Å². The van der Waals surface area contributed by atoms with Gasteiger partial charge in [-0.2, -0.15) is 0 Å². The predicted octanol–water partition coefficient (Wildman–Crippen LogP) is 3.57. The topological polar surface area (TPSA) is 54.0 Å². The van der Waals surface area contributed by atoms with Crippen molar-refractivity contribution in [1.82, 2.24) is 0 Å². The zero-order valence-electron chi connectivity index (χ0n) is 13.8. The van der Waals surface area contributed by atoms with Crippen LogP contribution in [0.4, 0.5) is 0 Å². The lowest BCUT2D eigenvalue weighted by Gasteiger charge is -2.12. The highest BCUT2D eigenvalue weighted by Gasteiger charge is 2.12. The minimum atomic E-state index is -0.408. The maximum absolute atomic E-state index is 11.7. The van der Waals surface area contributed by atoms with Crippen LogP contribution in [0.25, 0.3) is 0 Å². The Kier molecular flexibility index (Phi) is 6.40. The third kappa shape index (κ3) is 4.60. The van der Waals surface area contributed by atoms with Gasteiger partial charge in [0.15, 0.2) is 6.79 Å². The quantitative estimate of drug-likeness (QED) is 0.421. The fraction of sp³-hybridized carbons (Fsp3) is 0.211. The Hall–Kier alpha value is -2.79. The molecule has 126 valence electrons. The molecule has 0 fully saturated rings. The Balaban J connectivity index is 2.23. The molecule has 0 aliphatic rings. The molecule has 0 aromatic heterocycles. The Morgan fingerprint density at radius 1 is 1.12 bits per heavy atom. The standard InChI is InChI=1S/C19H20O5/c1-4-23-17-9-5-14(6-10-17)11-15-7-8-16(19(20)22-3)12-18(15)24-13-21-2/h4-10,12H,1,11,13H2,2-3H3. The van der Waals surface area contributed by atoms with Crippen molar-refractivity contribution in [3.8, 4) is 11.5 Å². The summed E-state index contributed by atoms with van der Waals surface area (Å²) in [6.07, 6.45) is 2.03. The SMILES string of the molecule is C=COc1ccc(Cc2ccc(C(=O)OC)cc2OCOC)cc1. The summed E-state index contributed by atoms with van der Waals surface area (Å²) in [6, 6.07) is 12.9. The molecule has 2 aromatic rings. The van der Waals surface area contributed by atoms with Gasteiger partial charge in [0.2, 0.25) is 0 Å². The lowest BCUT2D eigenvalue weighted by atomic mass is 10.0. The molecule has 0 spiro atoms. The average Bonchev–Trinajstić information content (AvgIpc) is 2.62. The first-order valence-electron chi connectivity index (χ1n) is 7.37. The highest BCUT2D eigenvalue weighted by atomic mass is 16.7. The zero-order valence-corrected chi connectivity index (χ0v) is 13.8. The first-order chi connectivity index (χ1) is 11.7. The molecule has 0 saturated heterocycles. The van der Waals surface area contributed by atoms with Crippen LogP contribution in [0.2, 0.25) is 0 Å². The van der Waals surface area contributed by atoms with Crippen molar-refractivity contribution in [2.45, 2.75) is 6.42 Å². The van der Waals surface area contributed by atoms with E-state index in [9.17, 15) is 4.79 Å². The van der Waals surface area contributed by atoms with Crippen LogP contribution in [0.1, 0.15) is 21.5 Å². The Labute approximate surface area is 141 Å². The van der Waals surface area contributed by atoms with E-state index in [1.807, 2.05) is 30.3 Å². The van der Waals surface area contributed by atoms with Gasteiger partial charge in [-0.05, 0) is 35.4 Å². The maximum atomic E-state index is 11.7. The van der Waals surface area contributed by atoms with Crippen LogP contribution in [0.3, 0.4) is 0 Å². The second kappa shape index (κ2) is 8.74. The van der Waals surface area contributed by atoms with E-state index in [1.165, 1.54) is 13.4 Å². The predicted molar refractivity (Wildman–Crippen MR) is 90.4 cm³/mol. The van der Waals surface area contributed by atoms with Crippen LogP contribution in [-0.2, 0) is 15.9 Å². The molecule has 0 aliphatic carbocycles. The summed E-state index contributed by atoms with van der Waals surface area (Å²) < 4.78 is 20.5. The highest BCUT2D eigenvalue weighted by molar-refractivity contribution is 5.89. The van der Waals surface area contributed by atoms with Crippen molar-refractivity contribution in [2.75, 3.05) is 21.0 Å². The fourth-order valence-electron chi connectivity index (χ4n) is 2.20. The summed E-state index contributed by atoms with van der Waals surface area (Å²) in [4.78, 5) is 11.7. The Bertz CT molecular complexity index is 691. The van der Waals surface area contributed by atoms with E-state index in [4.69, 9.17) is 18.9 Å². The maximum Gasteiger partial charge on any atom is 0.337 e. The molecule has 2 rings (SSSR count). The number of methoxy groups -OCH3 is 2. The zero-order chi connectivity index (χ0) is 17.4. The van der Waals surface area contributed by atoms with Crippen molar-refractivity contribution in [3.05, 3.63) is 72.0 Å². The molecular formula is C19H20O5. The van der Waals surface area contributed by atoms with E-state index in [0.717, 1.165) is 16.9 Å². The molecule has 0 bridgehead atoms. The number of carbonyl (C=O) groups excluding carboxylic acids is 1. The Morgan fingerprint density at radius 3 is 2.50 bits per heavy atom. The molecule has 0 heterocycles. The van der Waals surface area contributed by atoms with Gasteiger partial charge in [-0.3, -0.25) is 0 Å². The summed E-state index contributed by atoms with van der Waals surface area (Å²) in [6.45, 7) is 3.63. The monoisotopic (exact) mass is 328 g/mol. The van der Waals surface area contributed by atoms with E-state index < -0.39 is 5.97 Å². The smallest absolute Gasteiger partial charge is 0.337 e. The molecule has 0 atom stereocenters. The first kappa shape index (κ1) is 17.6. The highest BCUT2D eigenvalue weighted by Crippen LogP contribution is 2.25. The van der Waals surface area contributed by atoms with Crippen LogP contribution < -0.4 is 9.47 Å². The van der Waals surface area contributed by atoms with Crippen molar-refractivity contribution < 1.29 is 23.7 Å².